The molecular formula is C15H30N4O. The molecule has 0 aromatic carbocycles. The highest BCUT2D eigenvalue weighted by molar-refractivity contribution is 5.78. The molecule has 2 N–H and O–H groups in total. The van der Waals surface area contributed by atoms with E-state index < -0.39 is 0 Å². The second-order valence-electron chi connectivity index (χ2n) is 6.69. The molecule has 1 saturated heterocycles. The lowest BCUT2D eigenvalue weighted by Gasteiger charge is -2.43. The molecule has 2 aliphatic rings. The normalized spacial score (nSPS) is 22.0. The van der Waals surface area contributed by atoms with E-state index in [0.717, 1.165) is 32.7 Å². The lowest BCUT2D eigenvalue weighted by Crippen LogP contribution is -2.58. The first kappa shape index (κ1) is 15.7. The van der Waals surface area contributed by atoms with Crippen LogP contribution in [0.1, 0.15) is 33.6 Å². The topological polar surface area (TPSA) is 52.8 Å². The maximum atomic E-state index is 12.3. The first-order valence-electron chi connectivity index (χ1n) is 7.95. The standard InChI is InChI=1S/C15H30N4O/c1-4-19(13-5-6-13)14(20)11-17-7-9-18(10-8-17)15(2,3)12-16/h13H,4-12,16H2,1-3H3. The zero-order chi connectivity index (χ0) is 14.8. The number of nitrogens with two attached hydrogens (primary N) is 1. The van der Waals surface area contributed by atoms with Crippen molar-refractivity contribution in [3.05, 3.63) is 0 Å². The van der Waals surface area contributed by atoms with E-state index in [9.17, 15) is 4.79 Å². The smallest absolute Gasteiger partial charge is 0.236 e. The van der Waals surface area contributed by atoms with Crippen LogP contribution in [0, 0.1) is 0 Å². The predicted molar refractivity (Wildman–Crippen MR) is 81.6 cm³/mol. The van der Waals surface area contributed by atoms with Crippen LogP contribution in [0.25, 0.3) is 0 Å². The third-order valence-electron chi connectivity index (χ3n) is 4.74. The molecule has 0 bridgehead atoms. The molecule has 5 heteroatoms. The van der Waals surface area contributed by atoms with Crippen LogP contribution in [0.4, 0.5) is 0 Å². The van der Waals surface area contributed by atoms with Gasteiger partial charge in [0.1, 0.15) is 0 Å². The zero-order valence-corrected chi connectivity index (χ0v) is 13.3. The van der Waals surface area contributed by atoms with Gasteiger partial charge >= 0.3 is 0 Å². The minimum absolute atomic E-state index is 0.0690. The fraction of sp³-hybridized carbons (Fsp3) is 0.933. The number of piperazine rings is 1. The third kappa shape index (κ3) is 3.71. The summed E-state index contributed by atoms with van der Waals surface area (Å²) in [6.07, 6.45) is 2.39. The van der Waals surface area contributed by atoms with Gasteiger partial charge in [-0.2, -0.15) is 0 Å². The highest BCUT2D eigenvalue weighted by atomic mass is 16.2. The first-order valence-corrected chi connectivity index (χ1v) is 7.95. The summed E-state index contributed by atoms with van der Waals surface area (Å²) in [6, 6.07) is 0.532. The van der Waals surface area contributed by atoms with Crippen LogP contribution in [-0.4, -0.2) is 78.0 Å². The molecule has 1 aliphatic heterocycles. The molecule has 0 aromatic rings. The number of amides is 1. The van der Waals surface area contributed by atoms with Crippen LogP contribution in [0.15, 0.2) is 0 Å². The lowest BCUT2D eigenvalue weighted by molar-refractivity contribution is -0.133. The van der Waals surface area contributed by atoms with Crippen LogP contribution < -0.4 is 5.73 Å². The Bertz CT molecular complexity index is 333. The highest BCUT2D eigenvalue weighted by Gasteiger charge is 2.33. The Hall–Kier alpha value is -0.650. The van der Waals surface area contributed by atoms with Gasteiger partial charge in [-0.1, -0.05) is 0 Å². The third-order valence-corrected chi connectivity index (χ3v) is 4.74. The van der Waals surface area contributed by atoms with Gasteiger partial charge < -0.3 is 10.6 Å². The van der Waals surface area contributed by atoms with Crippen molar-refractivity contribution in [1.29, 1.82) is 0 Å². The summed E-state index contributed by atoms with van der Waals surface area (Å²) < 4.78 is 0. The van der Waals surface area contributed by atoms with Crippen molar-refractivity contribution in [2.45, 2.75) is 45.2 Å². The van der Waals surface area contributed by atoms with Gasteiger partial charge in [0.2, 0.25) is 5.91 Å². The summed E-state index contributed by atoms with van der Waals surface area (Å²) in [5.74, 6) is 0.307. The molecule has 1 heterocycles. The monoisotopic (exact) mass is 282 g/mol. The molecule has 0 spiro atoms. The fourth-order valence-corrected chi connectivity index (χ4v) is 2.95. The fourth-order valence-electron chi connectivity index (χ4n) is 2.95. The molecule has 2 rings (SSSR count). The molecule has 5 nitrogen and oxygen atoms in total. The van der Waals surface area contributed by atoms with Crippen molar-refractivity contribution >= 4 is 5.91 Å². The molecule has 0 unspecified atom stereocenters. The molecule has 0 aromatic heterocycles. The van der Waals surface area contributed by atoms with E-state index in [1.165, 1.54) is 12.8 Å². The largest absolute Gasteiger partial charge is 0.339 e. The Balaban J connectivity index is 1.78. The van der Waals surface area contributed by atoms with Gasteiger partial charge in [0, 0.05) is 50.8 Å². The Labute approximate surface area is 123 Å². The number of hydrogen-bond donors (Lipinski definition) is 1. The minimum atomic E-state index is 0.0690. The van der Waals surface area contributed by atoms with Crippen molar-refractivity contribution in [2.75, 3.05) is 45.8 Å². The van der Waals surface area contributed by atoms with E-state index in [2.05, 4.69) is 35.5 Å². The SMILES string of the molecule is CCN(C(=O)CN1CCN(C(C)(C)CN)CC1)C1CC1. The molecule has 1 aliphatic carbocycles. The van der Waals surface area contributed by atoms with Crippen molar-refractivity contribution in [3.63, 3.8) is 0 Å². The number of rotatable bonds is 6. The summed E-state index contributed by atoms with van der Waals surface area (Å²) in [7, 11) is 0. The predicted octanol–water partition coefficient (Wildman–Crippen LogP) is 0.352. The minimum Gasteiger partial charge on any atom is -0.339 e. The van der Waals surface area contributed by atoms with Crippen LogP contribution in [0.2, 0.25) is 0 Å². The molecule has 0 atom stereocenters. The average molecular weight is 282 g/mol. The number of carbonyl (C=O) groups is 1. The summed E-state index contributed by atoms with van der Waals surface area (Å²) in [4.78, 5) is 19.1. The molecule has 20 heavy (non-hydrogen) atoms. The summed E-state index contributed by atoms with van der Waals surface area (Å²) in [5.41, 5.74) is 5.90. The molecule has 0 radical (unpaired) electrons. The molecule has 1 saturated carbocycles. The van der Waals surface area contributed by atoms with E-state index in [1.807, 2.05) is 0 Å². The highest BCUT2D eigenvalue weighted by Crippen LogP contribution is 2.26. The molecular weight excluding hydrogens is 252 g/mol. The van der Waals surface area contributed by atoms with Crippen LogP contribution in [0.3, 0.4) is 0 Å². The summed E-state index contributed by atoms with van der Waals surface area (Å²) in [6.45, 7) is 12.5. The maximum Gasteiger partial charge on any atom is 0.236 e. The van der Waals surface area contributed by atoms with Crippen LogP contribution >= 0.6 is 0 Å². The van der Waals surface area contributed by atoms with Crippen LogP contribution in [-0.2, 0) is 4.79 Å². The van der Waals surface area contributed by atoms with Gasteiger partial charge in [-0.3, -0.25) is 14.6 Å². The maximum absolute atomic E-state index is 12.3. The average Bonchev–Trinajstić information content (AvgIpc) is 3.25. The Kier molecular flexibility index (Phi) is 5.04. The number of carbonyl (C=O) groups excluding carboxylic acids is 1. The van der Waals surface area contributed by atoms with Crippen molar-refractivity contribution in [3.8, 4) is 0 Å². The van der Waals surface area contributed by atoms with Gasteiger partial charge in [0.15, 0.2) is 0 Å². The Morgan fingerprint density at radius 3 is 2.30 bits per heavy atom. The number of hydrogen-bond acceptors (Lipinski definition) is 4. The van der Waals surface area contributed by atoms with Gasteiger partial charge in [-0.25, -0.2) is 0 Å². The molecule has 2 fully saturated rings. The van der Waals surface area contributed by atoms with Gasteiger partial charge in [-0.05, 0) is 33.6 Å². The van der Waals surface area contributed by atoms with Crippen molar-refractivity contribution in [1.82, 2.24) is 14.7 Å². The molecule has 116 valence electrons. The summed E-state index contributed by atoms with van der Waals surface area (Å²) >= 11 is 0. The zero-order valence-electron chi connectivity index (χ0n) is 13.3. The molecule has 1 amide bonds. The number of likely N-dealkylation sites (N-methyl/N-ethyl adjacent to an activating group) is 1. The van der Waals surface area contributed by atoms with Crippen molar-refractivity contribution < 1.29 is 4.79 Å². The quantitative estimate of drug-likeness (QED) is 0.764. The Morgan fingerprint density at radius 1 is 1.25 bits per heavy atom. The van der Waals surface area contributed by atoms with Crippen molar-refractivity contribution in [2.24, 2.45) is 5.73 Å². The second kappa shape index (κ2) is 6.41. The lowest BCUT2D eigenvalue weighted by atomic mass is 10.0. The van der Waals surface area contributed by atoms with Gasteiger partial charge in [0.05, 0.1) is 6.54 Å². The first-order chi connectivity index (χ1) is 9.47. The summed E-state index contributed by atoms with van der Waals surface area (Å²) in [5, 5.41) is 0. The van der Waals surface area contributed by atoms with Gasteiger partial charge in [0.25, 0.3) is 0 Å². The van der Waals surface area contributed by atoms with E-state index in [4.69, 9.17) is 5.73 Å². The number of nitrogens with zero attached hydrogens (tertiary/aromatic N) is 3. The Morgan fingerprint density at radius 2 is 1.85 bits per heavy atom. The van der Waals surface area contributed by atoms with E-state index in [1.54, 1.807) is 0 Å². The van der Waals surface area contributed by atoms with E-state index >= 15 is 0 Å². The van der Waals surface area contributed by atoms with Gasteiger partial charge in [-0.15, -0.1) is 0 Å². The van der Waals surface area contributed by atoms with E-state index in [-0.39, 0.29) is 5.54 Å². The second-order valence-corrected chi connectivity index (χ2v) is 6.69. The van der Waals surface area contributed by atoms with E-state index in [0.29, 0.717) is 25.0 Å². The van der Waals surface area contributed by atoms with Crippen LogP contribution in [0.5, 0.6) is 0 Å².